The second kappa shape index (κ2) is 5.44. The molecule has 104 valence electrons. The zero-order chi connectivity index (χ0) is 13.3. The van der Waals surface area contributed by atoms with Crippen LogP contribution in [0.25, 0.3) is 0 Å². The Balaban J connectivity index is 1.76. The Kier molecular flexibility index (Phi) is 3.85. The number of fused-ring (bicyclic) bond motifs is 1. The normalized spacial score (nSPS) is 38.1. The molecule has 0 spiro atoms. The Bertz CT molecular complexity index is 425. The van der Waals surface area contributed by atoms with E-state index < -0.39 is 6.10 Å². The van der Waals surface area contributed by atoms with Gasteiger partial charge in [0, 0.05) is 24.7 Å². The molecule has 2 fully saturated rings. The number of hydrogen-bond donors (Lipinski definition) is 2. The topological polar surface area (TPSA) is 49.7 Å². The van der Waals surface area contributed by atoms with Gasteiger partial charge in [0.05, 0.1) is 23.6 Å². The predicted molar refractivity (Wildman–Crippen MR) is 76.0 cm³/mol. The van der Waals surface area contributed by atoms with Gasteiger partial charge in [0.1, 0.15) is 0 Å². The van der Waals surface area contributed by atoms with Gasteiger partial charge in [0.2, 0.25) is 0 Å². The second-order valence-corrected chi connectivity index (χ2v) is 6.83. The van der Waals surface area contributed by atoms with Crippen LogP contribution in [-0.4, -0.2) is 40.4 Å². The molecule has 1 aliphatic carbocycles. The van der Waals surface area contributed by atoms with E-state index in [1.807, 2.05) is 18.2 Å². The van der Waals surface area contributed by atoms with Gasteiger partial charge in [-0.2, -0.15) is 0 Å². The van der Waals surface area contributed by atoms with E-state index in [0.29, 0.717) is 19.6 Å². The molecular formula is C15H20O3S. The van der Waals surface area contributed by atoms with Crippen LogP contribution in [0, 0.1) is 5.92 Å². The first-order valence-corrected chi connectivity index (χ1v) is 7.83. The maximum atomic E-state index is 10.4. The summed E-state index contributed by atoms with van der Waals surface area (Å²) in [4.78, 5) is 0. The van der Waals surface area contributed by atoms with Crippen molar-refractivity contribution in [3.05, 3.63) is 35.9 Å². The number of hydrogen-bond acceptors (Lipinski definition) is 4. The van der Waals surface area contributed by atoms with Gasteiger partial charge in [-0.3, -0.25) is 0 Å². The number of ether oxygens (including phenoxy) is 1. The Hall–Kier alpha value is -0.550. The van der Waals surface area contributed by atoms with Gasteiger partial charge in [-0.15, -0.1) is 11.8 Å². The molecule has 19 heavy (non-hydrogen) atoms. The largest absolute Gasteiger partial charge is 0.393 e. The quantitative estimate of drug-likeness (QED) is 0.887. The van der Waals surface area contributed by atoms with Gasteiger partial charge in [-0.05, 0) is 12.0 Å². The molecule has 2 unspecified atom stereocenters. The van der Waals surface area contributed by atoms with E-state index in [4.69, 9.17) is 4.74 Å². The lowest BCUT2D eigenvalue weighted by Crippen LogP contribution is -2.49. The zero-order valence-corrected chi connectivity index (χ0v) is 11.7. The van der Waals surface area contributed by atoms with Gasteiger partial charge in [-0.1, -0.05) is 30.3 Å². The molecule has 3 rings (SSSR count). The van der Waals surface area contributed by atoms with Crippen LogP contribution in [-0.2, 0) is 10.5 Å². The second-order valence-electron chi connectivity index (χ2n) is 5.50. The summed E-state index contributed by atoms with van der Waals surface area (Å²) in [6.07, 6.45) is 0.472. The number of benzene rings is 1. The molecular weight excluding hydrogens is 260 g/mol. The summed E-state index contributed by atoms with van der Waals surface area (Å²) in [5.41, 5.74) is 1.25. The minimum atomic E-state index is -0.471. The smallest absolute Gasteiger partial charge is 0.0737 e. The van der Waals surface area contributed by atoms with Crippen molar-refractivity contribution in [3.63, 3.8) is 0 Å². The number of aliphatic hydroxyl groups is 2. The van der Waals surface area contributed by atoms with Crippen LogP contribution in [0.3, 0.4) is 0 Å². The molecule has 0 amide bonds. The summed E-state index contributed by atoms with van der Waals surface area (Å²) in [6.45, 7) is 1.25. The first-order chi connectivity index (χ1) is 9.22. The highest BCUT2D eigenvalue weighted by molar-refractivity contribution is 8.00. The molecule has 0 radical (unpaired) electrons. The van der Waals surface area contributed by atoms with Crippen LogP contribution in [0.1, 0.15) is 18.4 Å². The monoisotopic (exact) mass is 280 g/mol. The van der Waals surface area contributed by atoms with Crippen molar-refractivity contribution in [2.45, 2.75) is 35.5 Å². The number of aliphatic hydroxyl groups excluding tert-OH is 2. The minimum absolute atomic E-state index is 0.157. The van der Waals surface area contributed by atoms with Crippen LogP contribution >= 0.6 is 11.8 Å². The average Bonchev–Trinajstić information content (AvgIpc) is 2.70. The van der Waals surface area contributed by atoms with Crippen molar-refractivity contribution in [1.82, 2.24) is 0 Å². The lowest BCUT2D eigenvalue weighted by atomic mass is 9.89. The summed E-state index contributed by atoms with van der Waals surface area (Å²) in [6, 6.07) is 10.3. The summed E-state index contributed by atoms with van der Waals surface area (Å²) < 4.78 is 5.28. The summed E-state index contributed by atoms with van der Waals surface area (Å²) in [5, 5.41) is 20.5. The third-order valence-corrected chi connectivity index (χ3v) is 6.08. The lowest BCUT2D eigenvalue weighted by Gasteiger charge is -2.41. The van der Waals surface area contributed by atoms with Gasteiger partial charge in [0.25, 0.3) is 0 Å². The van der Waals surface area contributed by atoms with Gasteiger partial charge < -0.3 is 14.9 Å². The molecule has 0 bridgehead atoms. The van der Waals surface area contributed by atoms with E-state index in [9.17, 15) is 10.2 Å². The third-order valence-electron chi connectivity index (χ3n) is 4.37. The van der Waals surface area contributed by atoms with Crippen LogP contribution in [0.5, 0.6) is 0 Å². The molecule has 1 saturated carbocycles. The van der Waals surface area contributed by atoms with Crippen molar-refractivity contribution in [2.75, 3.05) is 13.2 Å². The average molecular weight is 280 g/mol. The Morgan fingerprint density at radius 2 is 2.05 bits per heavy atom. The SMILES string of the molecule is O[C@@H]1C[C@H](O)C2(SCc3ccccc3)COCCC12. The number of thioether (sulfide) groups is 1. The Morgan fingerprint density at radius 3 is 2.84 bits per heavy atom. The van der Waals surface area contributed by atoms with E-state index in [1.54, 1.807) is 11.8 Å². The van der Waals surface area contributed by atoms with Crippen molar-refractivity contribution in [1.29, 1.82) is 0 Å². The maximum Gasteiger partial charge on any atom is 0.0737 e. The molecule has 2 N–H and O–H groups in total. The first-order valence-electron chi connectivity index (χ1n) is 6.84. The minimum Gasteiger partial charge on any atom is -0.393 e. The van der Waals surface area contributed by atoms with E-state index in [-0.39, 0.29) is 16.8 Å². The first kappa shape index (κ1) is 13.4. The summed E-state index contributed by atoms with van der Waals surface area (Å²) >= 11 is 1.75. The summed E-state index contributed by atoms with van der Waals surface area (Å²) in [7, 11) is 0. The van der Waals surface area contributed by atoms with Crippen molar-refractivity contribution < 1.29 is 14.9 Å². The molecule has 3 nitrogen and oxygen atoms in total. The highest BCUT2D eigenvalue weighted by atomic mass is 32.2. The molecule has 1 saturated heterocycles. The fourth-order valence-electron chi connectivity index (χ4n) is 3.28. The van der Waals surface area contributed by atoms with Crippen LogP contribution < -0.4 is 0 Å². The van der Waals surface area contributed by atoms with Crippen LogP contribution in [0.15, 0.2) is 30.3 Å². The standard InChI is InChI=1S/C15H20O3S/c16-13-8-14(17)15(10-18-7-6-12(13)15)19-9-11-4-2-1-3-5-11/h1-5,12-14,16-17H,6-10H2/t12?,13-,14+,15?/m1/s1. The summed E-state index contributed by atoms with van der Waals surface area (Å²) in [5.74, 6) is 1.01. The molecule has 1 aromatic carbocycles. The maximum absolute atomic E-state index is 10.4. The zero-order valence-electron chi connectivity index (χ0n) is 10.9. The highest BCUT2D eigenvalue weighted by Crippen LogP contribution is 2.50. The van der Waals surface area contributed by atoms with Crippen molar-refractivity contribution >= 4 is 11.8 Å². The predicted octanol–water partition coefficient (Wildman–Crippen LogP) is 1.82. The van der Waals surface area contributed by atoms with E-state index >= 15 is 0 Å². The van der Waals surface area contributed by atoms with Crippen LogP contribution in [0.2, 0.25) is 0 Å². The fourth-order valence-corrected chi connectivity index (χ4v) is 4.86. The van der Waals surface area contributed by atoms with E-state index in [1.165, 1.54) is 5.56 Å². The fraction of sp³-hybridized carbons (Fsp3) is 0.600. The molecule has 0 aromatic heterocycles. The number of rotatable bonds is 3. The van der Waals surface area contributed by atoms with Crippen molar-refractivity contribution in [3.8, 4) is 0 Å². The van der Waals surface area contributed by atoms with Gasteiger partial charge >= 0.3 is 0 Å². The molecule has 4 heteroatoms. The molecule has 2 aliphatic rings. The van der Waals surface area contributed by atoms with E-state index in [2.05, 4.69) is 12.1 Å². The molecule has 4 atom stereocenters. The molecule has 1 aliphatic heterocycles. The van der Waals surface area contributed by atoms with Gasteiger partial charge in [-0.25, -0.2) is 0 Å². The van der Waals surface area contributed by atoms with Gasteiger partial charge in [0.15, 0.2) is 0 Å². The van der Waals surface area contributed by atoms with Crippen molar-refractivity contribution in [2.24, 2.45) is 5.92 Å². The Labute approximate surface area is 118 Å². The highest BCUT2D eigenvalue weighted by Gasteiger charge is 2.56. The Morgan fingerprint density at radius 1 is 1.26 bits per heavy atom. The van der Waals surface area contributed by atoms with Crippen LogP contribution in [0.4, 0.5) is 0 Å². The van der Waals surface area contributed by atoms with E-state index in [0.717, 1.165) is 12.2 Å². The molecule has 1 aromatic rings. The molecule has 1 heterocycles. The third kappa shape index (κ3) is 2.42. The lowest BCUT2D eigenvalue weighted by molar-refractivity contribution is -0.00771.